The van der Waals surface area contributed by atoms with Crippen molar-refractivity contribution in [3.8, 4) is 0 Å². The summed E-state index contributed by atoms with van der Waals surface area (Å²) in [4.78, 5) is 4.82. The topological polar surface area (TPSA) is 31.4 Å². The van der Waals surface area contributed by atoms with Gasteiger partial charge >= 0.3 is 7.12 Å². The maximum absolute atomic E-state index is 6.08. The Morgan fingerprint density at radius 2 is 1.65 bits per heavy atom. The maximum Gasteiger partial charge on any atom is 0.514 e. The fraction of sp³-hybridized carbons (Fsp3) is 0.688. The predicted molar refractivity (Wildman–Crippen MR) is 81.2 cm³/mol. The Bertz CT molecular complexity index is 479. The number of rotatable bonds is 2. The van der Waals surface area contributed by atoms with E-state index in [0.29, 0.717) is 5.92 Å². The molecular weight excluding hydrogens is 249 g/mol. The van der Waals surface area contributed by atoms with Crippen LogP contribution in [-0.4, -0.2) is 23.3 Å². The Kier molecular flexibility index (Phi) is 3.42. The molecule has 0 bridgehead atoms. The van der Waals surface area contributed by atoms with Crippen molar-refractivity contribution < 1.29 is 9.31 Å². The minimum absolute atomic E-state index is 0.303. The second-order valence-corrected chi connectivity index (χ2v) is 7.06. The third kappa shape index (κ3) is 2.40. The van der Waals surface area contributed by atoms with Gasteiger partial charge in [-0.2, -0.15) is 0 Å². The second-order valence-electron chi connectivity index (χ2n) is 7.06. The fourth-order valence-electron chi connectivity index (χ4n) is 3.01. The monoisotopic (exact) mass is 273 g/mol. The summed E-state index contributed by atoms with van der Waals surface area (Å²) in [5.41, 5.74) is 1.51. The quantitative estimate of drug-likeness (QED) is 0.776. The van der Waals surface area contributed by atoms with E-state index >= 15 is 0 Å². The highest BCUT2D eigenvalue weighted by atomic mass is 16.7. The first-order valence-electron chi connectivity index (χ1n) is 7.71. The van der Waals surface area contributed by atoms with Crippen LogP contribution in [-0.2, 0) is 9.31 Å². The van der Waals surface area contributed by atoms with Crippen molar-refractivity contribution >= 4 is 12.7 Å². The van der Waals surface area contributed by atoms with Crippen LogP contribution in [0.25, 0.3) is 0 Å². The van der Waals surface area contributed by atoms with Gasteiger partial charge in [-0.15, -0.1) is 0 Å². The zero-order chi connectivity index (χ0) is 14.4. The van der Waals surface area contributed by atoms with E-state index in [1.807, 2.05) is 6.07 Å². The Morgan fingerprint density at radius 3 is 2.25 bits per heavy atom. The summed E-state index contributed by atoms with van der Waals surface area (Å²) in [7, 11) is -0.346. The minimum Gasteiger partial charge on any atom is -0.398 e. The van der Waals surface area contributed by atoms with E-state index < -0.39 is 0 Å². The predicted octanol–water partition coefficient (Wildman–Crippen LogP) is 3.04. The number of hydrogen-bond acceptors (Lipinski definition) is 3. The van der Waals surface area contributed by atoms with Crippen LogP contribution in [0.1, 0.15) is 65.0 Å². The molecule has 108 valence electrons. The maximum atomic E-state index is 6.08. The highest BCUT2D eigenvalue weighted by Crippen LogP contribution is 2.37. The summed E-state index contributed by atoms with van der Waals surface area (Å²) in [5, 5.41) is 0. The van der Waals surface area contributed by atoms with Crippen LogP contribution in [0.3, 0.4) is 0 Å². The first-order chi connectivity index (χ1) is 9.39. The highest BCUT2D eigenvalue weighted by Gasteiger charge is 2.52. The average Bonchev–Trinajstić information content (AvgIpc) is 2.97. The Hall–Kier alpha value is -0.865. The average molecular weight is 273 g/mol. The molecule has 0 atom stereocenters. The number of nitrogens with zero attached hydrogens (tertiary/aromatic N) is 1. The molecule has 0 spiro atoms. The molecule has 3 rings (SSSR count). The zero-order valence-electron chi connectivity index (χ0n) is 13.0. The summed E-state index contributed by atoms with van der Waals surface area (Å²) in [6, 6.07) is 6.24. The van der Waals surface area contributed by atoms with E-state index in [9.17, 15) is 0 Å². The number of hydrogen-bond donors (Lipinski definition) is 0. The molecule has 0 radical (unpaired) electrons. The molecule has 1 aromatic heterocycles. The first kappa shape index (κ1) is 14.1. The summed E-state index contributed by atoms with van der Waals surface area (Å²) in [6.07, 6.45) is 5.18. The molecule has 0 N–H and O–H groups in total. The molecule has 2 aliphatic rings. The lowest BCUT2D eigenvalue weighted by atomic mass is 9.83. The van der Waals surface area contributed by atoms with Gasteiger partial charge in [0.2, 0.25) is 0 Å². The van der Waals surface area contributed by atoms with Gasteiger partial charge in [-0.25, -0.2) is 0 Å². The largest absolute Gasteiger partial charge is 0.514 e. The molecule has 2 heterocycles. The summed E-state index contributed by atoms with van der Waals surface area (Å²) >= 11 is 0. The van der Waals surface area contributed by atoms with E-state index in [1.54, 1.807) is 0 Å². The smallest absolute Gasteiger partial charge is 0.398 e. The van der Waals surface area contributed by atoms with Crippen molar-refractivity contribution in [1.29, 1.82) is 0 Å². The number of aromatic nitrogens is 1. The lowest BCUT2D eigenvalue weighted by Crippen LogP contribution is -2.41. The fourth-order valence-corrected chi connectivity index (χ4v) is 3.01. The van der Waals surface area contributed by atoms with Crippen molar-refractivity contribution in [3.05, 3.63) is 23.9 Å². The normalized spacial score (nSPS) is 25.3. The molecule has 1 aromatic rings. The molecule has 0 unspecified atom stereocenters. The van der Waals surface area contributed by atoms with Crippen LogP contribution in [0, 0.1) is 0 Å². The van der Waals surface area contributed by atoms with Gasteiger partial charge < -0.3 is 9.31 Å². The van der Waals surface area contributed by atoms with E-state index in [-0.39, 0.29) is 18.3 Å². The summed E-state index contributed by atoms with van der Waals surface area (Å²) in [5.74, 6) is 0.623. The van der Waals surface area contributed by atoms with Crippen LogP contribution >= 0.6 is 0 Å². The van der Waals surface area contributed by atoms with Gasteiger partial charge in [0, 0.05) is 11.6 Å². The molecule has 0 amide bonds. The SMILES string of the molecule is CC1(C)OB(c2cccc(C3CCCC3)n2)OC1(C)C. The number of pyridine rings is 1. The van der Waals surface area contributed by atoms with Gasteiger partial charge in [-0.05, 0) is 52.7 Å². The van der Waals surface area contributed by atoms with Crippen molar-refractivity contribution in [1.82, 2.24) is 4.98 Å². The zero-order valence-corrected chi connectivity index (χ0v) is 13.0. The molecule has 1 saturated heterocycles. The van der Waals surface area contributed by atoms with Crippen LogP contribution < -0.4 is 5.59 Å². The molecule has 20 heavy (non-hydrogen) atoms. The molecule has 1 saturated carbocycles. The van der Waals surface area contributed by atoms with Crippen molar-refractivity contribution in [3.63, 3.8) is 0 Å². The lowest BCUT2D eigenvalue weighted by Gasteiger charge is -2.32. The Morgan fingerprint density at radius 1 is 1.05 bits per heavy atom. The van der Waals surface area contributed by atoms with Crippen LogP contribution in [0.15, 0.2) is 18.2 Å². The Balaban J connectivity index is 1.83. The summed E-state index contributed by atoms with van der Waals surface area (Å²) < 4.78 is 12.2. The molecule has 2 fully saturated rings. The third-order valence-electron chi connectivity index (χ3n) is 5.06. The Labute approximate surface area is 122 Å². The van der Waals surface area contributed by atoms with Crippen LogP contribution in [0.5, 0.6) is 0 Å². The van der Waals surface area contributed by atoms with Gasteiger partial charge in [-0.1, -0.05) is 18.9 Å². The van der Waals surface area contributed by atoms with Crippen molar-refractivity contribution in [2.24, 2.45) is 0 Å². The van der Waals surface area contributed by atoms with Gasteiger partial charge in [0.25, 0.3) is 0 Å². The molecule has 0 aromatic carbocycles. The van der Waals surface area contributed by atoms with E-state index in [0.717, 1.165) is 5.59 Å². The van der Waals surface area contributed by atoms with E-state index in [4.69, 9.17) is 14.3 Å². The van der Waals surface area contributed by atoms with E-state index in [1.165, 1.54) is 31.4 Å². The molecular formula is C16H24BNO2. The molecule has 4 heteroatoms. The van der Waals surface area contributed by atoms with Gasteiger partial charge in [-0.3, -0.25) is 4.98 Å². The first-order valence-corrected chi connectivity index (χ1v) is 7.71. The van der Waals surface area contributed by atoms with Gasteiger partial charge in [0.15, 0.2) is 0 Å². The molecule has 1 aliphatic carbocycles. The minimum atomic E-state index is -0.346. The summed E-state index contributed by atoms with van der Waals surface area (Å²) in [6.45, 7) is 8.31. The third-order valence-corrected chi connectivity index (χ3v) is 5.06. The molecule has 3 nitrogen and oxygen atoms in total. The van der Waals surface area contributed by atoms with Crippen molar-refractivity contribution in [2.45, 2.75) is 70.5 Å². The van der Waals surface area contributed by atoms with E-state index in [2.05, 4.69) is 39.8 Å². The van der Waals surface area contributed by atoms with Crippen molar-refractivity contribution in [2.75, 3.05) is 0 Å². The highest BCUT2D eigenvalue weighted by molar-refractivity contribution is 6.61. The standard InChI is InChI=1S/C16H24BNO2/c1-15(2)16(3,4)20-17(19-15)14-11-7-10-13(18-14)12-8-5-6-9-12/h7,10-12H,5-6,8-9H2,1-4H3. The second kappa shape index (κ2) is 4.85. The van der Waals surface area contributed by atoms with Gasteiger partial charge in [0.1, 0.15) is 0 Å². The van der Waals surface area contributed by atoms with Crippen LogP contribution in [0.2, 0.25) is 0 Å². The van der Waals surface area contributed by atoms with Crippen LogP contribution in [0.4, 0.5) is 0 Å². The van der Waals surface area contributed by atoms with Gasteiger partial charge in [0.05, 0.1) is 16.8 Å². The molecule has 1 aliphatic heterocycles. The lowest BCUT2D eigenvalue weighted by molar-refractivity contribution is 0.00578.